The van der Waals surface area contributed by atoms with Crippen molar-refractivity contribution in [3.63, 3.8) is 0 Å². The maximum Gasteiger partial charge on any atom is 0.321 e. The van der Waals surface area contributed by atoms with Gasteiger partial charge in [0.15, 0.2) is 0 Å². The minimum Gasteiger partial charge on any atom is -0.480 e. The zero-order chi connectivity index (χ0) is 7.28. The van der Waals surface area contributed by atoms with Crippen molar-refractivity contribution in [3.8, 4) is 0 Å². The Hall–Kier alpha value is 0.130. The Morgan fingerprint density at radius 1 is 1.89 bits per heavy atom. The molecule has 0 fully saturated rings. The number of aliphatic carboxylic acids is 1. The second-order valence-electron chi connectivity index (χ2n) is 1.40. The van der Waals surface area contributed by atoms with Gasteiger partial charge in [0.25, 0.3) is 0 Å². The molecule has 0 bridgehead atoms. The molecule has 0 aliphatic heterocycles. The average molecular weight is 167 g/mol. The van der Waals surface area contributed by atoms with Crippen LogP contribution in [-0.4, -0.2) is 29.1 Å². The van der Waals surface area contributed by atoms with Gasteiger partial charge in [-0.3, -0.25) is 4.79 Å². The first kappa shape index (κ1) is 9.13. The zero-order valence-corrected chi connectivity index (χ0v) is 6.67. The van der Waals surface area contributed by atoms with E-state index in [9.17, 15) is 4.79 Å². The smallest absolute Gasteiger partial charge is 0.321 e. The summed E-state index contributed by atoms with van der Waals surface area (Å²) in [6, 6.07) is -0.720. The van der Waals surface area contributed by atoms with E-state index < -0.39 is 12.0 Å². The summed E-state index contributed by atoms with van der Waals surface area (Å²) in [4.78, 5) is 10.1. The lowest BCUT2D eigenvalue weighted by atomic mass is 10.4. The lowest BCUT2D eigenvalue weighted by Crippen LogP contribution is -2.32. The summed E-state index contributed by atoms with van der Waals surface area (Å²) in [7, 11) is 2.98. The summed E-state index contributed by atoms with van der Waals surface area (Å²) in [5.41, 5.74) is 5.17. The fourth-order valence-electron chi connectivity index (χ4n) is 0.213. The molecule has 0 saturated heterocycles. The fraction of sp³-hybridized carbons (Fsp3) is 0.750. The van der Waals surface area contributed by atoms with Gasteiger partial charge in [0.1, 0.15) is 6.04 Å². The summed E-state index contributed by atoms with van der Waals surface area (Å²) < 4.78 is 0. The minimum absolute atomic E-state index is 0.469. The quantitative estimate of drug-likeness (QED) is 0.594. The van der Waals surface area contributed by atoms with Crippen LogP contribution in [0.4, 0.5) is 0 Å². The predicted molar refractivity (Wildman–Crippen MR) is 41.6 cm³/mol. The van der Waals surface area contributed by atoms with E-state index in [2.05, 4.69) is 0 Å². The molecule has 0 aliphatic carbocycles. The summed E-state index contributed by atoms with van der Waals surface area (Å²) in [6.07, 6.45) is 1.89. The van der Waals surface area contributed by atoms with Crippen molar-refractivity contribution in [1.82, 2.24) is 0 Å². The maximum absolute atomic E-state index is 10.1. The van der Waals surface area contributed by atoms with Gasteiger partial charge in [-0.25, -0.2) is 0 Å². The first-order valence-electron chi connectivity index (χ1n) is 2.32. The van der Waals surface area contributed by atoms with E-state index in [1.807, 2.05) is 6.26 Å². The highest BCUT2D eigenvalue weighted by Gasteiger charge is 2.09. The summed E-state index contributed by atoms with van der Waals surface area (Å²) in [5, 5.41) is 8.26. The van der Waals surface area contributed by atoms with Gasteiger partial charge in [0.2, 0.25) is 0 Å². The lowest BCUT2D eigenvalue weighted by Gasteiger charge is -2.01. The number of rotatable bonds is 4. The molecule has 3 nitrogen and oxygen atoms in total. The fourth-order valence-corrected chi connectivity index (χ4v) is 1.49. The van der Waals surface area contributed by atoms with E-state index in [1.54, 1.807) is 0 Å². The van der Waals surface area contributed by atoms with E-state index >= 15 is 0 Å². The van der Waals surface area contributed by atoms with Gasteiger partial charge in [0, 0.05) is 5.75 Å². The van der Waals surface area contributed by atoms with Crippen LogP contribution in [0.2, 0.25) is 0 Å². The number of hydrogen-bond donors (Lipinski definition) is 2. The van der Waals surface area contributed by atoms with Crippen LogP contribution in [-0.2, 0) is 4.79 Å². The summed E-state index contributed by atoms with van der Waals surface area (Å²) >= 11 is 0. The molecule has 0 saturated carbocycles. The average Bonchev–Trinajstić information content (AvgIpc) is 1.82. The highest BCUT2D eigenvalue weighted by molar-refractivity contribution is 8.76. The Bertz CT molecular complexity index is 98.6. The van der Waals surface area contributed by atoms with Crippen LogP contribution in [0.1, 0.15) is 0 Å². The number of hydrogen-bond acceptors (Lipinski definition) is 4. The Balaban J connectivity index is 3.27. The monoisotopic (exact) mass is 167 g/mol. The first-order valence-corrected chi connectivity index (χ1v) is 5.05. The number of carboxylic acids is 1. The van der Waals surface area contributed by atoms with Crippen molar-refractivity contribution in [2.45, 2.75) is 6.04 Å². The second-order valence-corrected chi connectivity index (χ2v) is 4.01. The normalized spacial score (nSPS) is 13.1. The van der Waals surface area contributed by atoms with E-state index in [-0.39, 0.29) is 0 Å². The molecule has 0 amide bonds. The van der Waals surface area contributed by atoms with E-state index in [1.165, 1.54) is 21.6 Å². The molecule has 0 spiro atoms. The molecule has 0 heterocycles. The highest BCUT2D eigenvalue weighted by atomic mass is 33.1. The second kappa shape index (κ2) is 4.96. The van der Waals surface area contributed by atoms with Crippen molar-refractivity contribution in [2.75, 3.05) is 12.0 Å². The van der Waals surface area contributed by atoms with Crippen LogP contribution >= 0.6 is 21.6 Å². The van der Waals surface area contributed by atoms with Gasteiger partial charge in [0.05, 0.1) is 0 Å². The molecule has 0 aromatic carbocycles. The third kappa shape index (κ3) is 4.62. The highest BCUT2D eigenvalue weighted by Crippen LogP contribution is 2.16. The topological polar surface area (TPSA) is 63.3 Å². The standard InChI is InChI=1S/C4H9NO2S2/c1-8-9-2-3(5)4(6)7/h3H,2,5H2,1H3,(H,6,7). The van der Waals surface area contributed by atoms with Crippen LogP contribution in [0.5, 0.6) is 0 Å². The molecular weight excluding hydrogens is 158 g/mol. The van der Waals surface area contributed by atoms with Crippen molar-refractivity contribution in [1.29, 1.82) is 0 Å². The third-order valence-corrected chi connectivity index (χ3v) is 2.53. The van der Waals surface area contributed by atoms with E-state index in [0.717, 1.165) is 0 Å². The maximum atomic E-state index is 10.1. The van der Waals surface area contributed by atoms with Crippen LogP contribution in [0.3, 0.4) is 0 Å². The third-order valence-electron chi connectivity index (χ3n) is 0.683. The molecule has 5 heteroatoms. The Labute approximate surface area is 61.8 Å². The molecule has 0 aliphatic rings. The number of nitrogens with two attached hydrogens (primary N) is 1. The largest absolute Gasteiger partial charge is 0.480 e. The predicted octanol–water partition coefficient (Wildman–Crippen LogP) is 0.410. The van der Waals surface area contributed by atoms with Crippen LogP contribution in [0.25, 0.3) is 0 Å². The molecule has 3 N–H and O–H groups in total. The molecule has 1 atom stereocenters. The van der Waals surface area contributed by atoms with Gasteiger partial charge < -0.3 is 10.8 Å². The first-order chi connectivity index (χ1) is 4.18. The van der Waals surface area contributed by atoms with Crippen LogP contribution in [0.15, 0.2) is 0 Å². The summed E-state index contributed by atoms with van der Waals surface area (Å²) in [6.45, 7) is 0. The van der Waals surface area contributed by atoms with Crippen molar-refractivity contribution < 1.29 is 9.90 Å². The van der Waals surface area contributed by atoms with Gasteiger partial charge in [-0.2, -0.15) is 0 Å². The number of carbonyl (C=O) groups is 1. The van der Waals surface area contributed by atoms with Gasteiger partial charge in [-0.05, 0) is 6.26 Å². The minimum atomic E-state index is -0.934. The molecule has 1 unspecified atom stereocenters. The molecule has 0 radical (unpaired) electrons. The Morgan fingerprint density at radius 2 is 2.44 bits per heavy atom. The van der Waals surface area contributed by atoms with E-state index in [4.69, 9.17) is 10.8 Å². The number of carboxylic acid groups (broad SMARTS) is 1. The lowest BCUT2D eigenvalue weighted by molar-refractivity contribution is -0.137. The van der Waals surface area contributed by atoms with Gasteiger partial charge in [-0.15, -0.1) is 0 Å². The Kier molecular flexibility index (Phi) is 5.03. The van der Waals surface area contributed by atoms with Crippen LogP contribution in [0, 0.1) is 0 Å². The molecule has 0 rings (SSSR count). The van der Waals surface area contributed by atoms with Gasteiger partial charge in [-0.1, -0.05) is 21.6 Å². The van der Waals surface area contributed by atoms with E-state index in [0.29, 0.717) is 5.75 Å². The van der Waals surface area contributed by atoms with Gasteiger partial charge >= 0.3 is 5.97 Å². The molecular formula is C4H9NO2S2. The molecule has 0 aromatic rings. The Morgan fingerprint density at radius 3 is 2.78 bits per heavy atom. The van der Waals surface area contributed by atoms with Crippen molar-refractivity contribution in [2.24, 2.45) is 5.73 Å². The summed E-state index contributed by atoms with van der Waals surface area (Å²) in [5.74, 6) is -0.465. The van der Waals surface area contributed by atoms with Crippen LogP contribution < -0.4 is 5.73 Å². The zero-order valence-electron chi connectivity index (χ0n) is 5.03. The molecule has 9 heavy (non-hydrogen) atoms. The van der Waals surface area contributed by atoms with Crippen molar-refractivity contribution in [3.05, 3.63) is 0 Å². The molecule has 54 valence electrons. The molecule has 0 aromatic heterocycles. The van der Waals surface area contributed by atoms with Crippen molar-refractivity contribution >= 4 is 27.6 Å². The SMILES string of the molecule is CSSCC(N)C(=O)O.